The molecular weight excluding hydrogens is 248 g/mol. The summed E-state index contributed by atoms with van der Waals surface area (Å²) >= 11 is 0. The van der Waals surface area contributed by atoms with Gasteiger partial charge in [0.2, 0.25) is 5.91 Å². The Balaban J connectivity index is 2.01. The Morgan fingerprint density at radius 2 is 1.95 bits per heavy atom. The molecule has 0 bridgehead atoms. The van der Waals surface area contributed by atoms with E-state index in [1.165, 1.54) is 32.1 Å². The third-order valence-corrected chi connectivity index (χ3v) is 5.98. The van der Waals surface area contributed by atoms with Gasteiger partial charge in [0, 0.05) is 19.6 Å². The molecule has 1 heterocycles. The minimum absolute atomic E-state index is 0.156. The van der Waals surface area contributed by atoms with Crippen LogP contribution in [0.2, 0.25) is 0 Å². The van der Waals surface area contributed by atoms with Gasteiger partial charge < -0.3 is 10.2 Å². The molecule has 2 aliphatic rings. The van der Waals surface area contributed by atoms with E-state index in [9.17, 15) is 4.79 Å². The average molecular weight is 280 g/mol. The summed E-state index contributed by atoms with van der Waals surface area (Å²) in [4.78, 5) is 15.1. The van der Waals surface area contributed by atoms with Crippen LogP contribution in [0.15, 0.2) is 0 Å². The molecule has 0 aromatic carbocycles. The lowest BCUT2D eigenvalue weighted by Crippen LogP contribution is -2.51. The van der Waals surface area contributed by atoms with Crippen LogP contribution in [0.4, 0.5) is 0 Å². The molecule has 0 aromatic heterocycles. The van der Waals surface area contributed by atoms with Gasteiger partial charge in [0.15, 0.2) is 0 Å². The van der Waals surface area contributed by atoms with Crippen LogP contribution in [0.3, 0.4) is 0 Å². The zero-order chi connectivity index (χ0) is 14.8. The molecular formula is C17H32N2O. The number of hydrogen-bond acceptors (Lipinski definition) is 2. The van der Waals surface area contributed by atoms with E-state index >= 15 is 0 Å². The zero-order valence-corrected chi connectivity index (χ0v) is 13.7. The van der Waals surface area contributed by atoms with Crippen molar-refractivity contribution in [2.45, 2.75) is 65.3 Å². The SMILES string of the molecule is CCC1CCC(N(C)C(=O)C2(C(C)C)CCNC2)CC1. The van der Waals surface area contributed by atoms with Crippen LogP contribution in [0.25, 0.3) is 0 Å². The van der Waals surface area contributed by atoms with Crippen molar-refractivity contribution in [3.63, 3.8) is 0 Å². The van der Waals surface area contributed by atoms with Gasteiger partial charge in [-0.05, 0) is 50.5 Å². The van der Waals surface area contributed by atoms with Crippen LogP contribution in [0.5, 0.6) is 0 Å². The second kappa shape index (κ2) is 6.46. The van der Waals surface area contributed by atoms with Crippen molar-refractivity contribution in [1.29, 1.82) is 0 Å². The van der Waals surface area contributed by atoms with E-state index in [0.717, 1.165) is 25.4 Å². The Morgan fingerprint density at radius 3 is 2.40 bits per heavy atom. The smallest absolute Gasteiger partial charge is 0.230 e. The van der Waals surface area contributed by atoms with Crippen LogP contribution in [-0.4, -0.2) is 37.0 Å². The molecule has 1 saturated carbocycles. The number of carbonyl (C=O) groups excluding carboxylic acids is 1. The first-order chi connectivity index (χ1) is 9.51. The predicted molar refractivity (Wildman–Crippen MR) is 83.6 cm³/mol. The summed E-state index contributed by atoms with van der Waals surface area (Å²) in [6.45, 7) is 8.54. The molecule has 2 fully saturated rings. The fourth-order valence-corrected chi connectivity index (χ4v) is 4.09. The fourth-order valence-electron chi connectivity index (χ4n) is 4.09. The number of hydrogen-bond donors (Lipinski definition) is 1. The van der Waals surface area contributed by atoms with Crippen molar-refractivity contribution in [3.05, 3.63) is 0 Å². The first-order valence-corrected chi connectivity index (χ1v) is 8.49. The summed E-state index contributed by atoms with van der Waals surface area (Å²) in [5.74, 6) is 1.69. The predicted octanol–water partition coefficient (Wildman–Crippen LogP) is 3.05. The van der Waals surface area contributed by atoms with Crippen molar-refractivity contribution in [2.24, 2.45) is 17.3 Å². The second-order valence-corrected chi connectivity index (χ2v) is 7.24. The van der Waals surface area contributed by atoms with Crippen LogP contribution in [-0.2, 0) is 4.79 Å². The highest BCUT2D eigenvalue weighted by Gasteiger charge is 2.46. The van der Waals surface area contributed by atoms with Crippen molar-refractivity contribution in [1.82, 2.24) is 10.2 Å². The number of carbonyl (C=O) groups is 1. The summed E-state index contributed by atoms with van der Waals surface area (Å²) in [6.07, 6.45) is 7.28. The average Bonchev–Trinajstić information content (AvgIpc) is 2.96. The van der Waals surface area contributed by atoms with Gasteiger partial charge in [0.25, 0.3) is 0 Å². The lowest BCUT2D eigenvalue weighted by atomic mass is 9.74. The molecule has 1 aliphatic heterocycles. The summed E-state index contributed by atoms with van der Waals surface area (Å²) < 4.78 is 0. The Hall–Kier alpha value is -0.570. The van der Waals surface area contributed by atoms with Crippen molar-refractivity contribution in [3.8, 4) is 0 Å². The molecule has 0 spiro atoms. The molecule has 1 saturated heterocycles. The van der Waals surface area contributed by atoms with Crippen LogP contribution < -0.4 is 5.32 Å². The van der Waals surface area contributed by atoms with Crippen LogP contribution in [0.1, 0.15) is 59.3 Å². The highest BCUT2D eigenvalue weighted by Crippen LogP contribution is 2.38. The molecule has 2 rings (SSSR count). The molecule has 1 atom stereocenters. The highest BCUT2D eigenvalue weighted by molar-refractivity contribution is 5.83. The van der Waals surface area contributed by atoms with Gasteiger partial charge in [-0.3, -0.25) is 4.79 Å². The first kappa shape index (κ1) is 15.8. The molecule has 1 amide bonds. The van der Waals surface area contributed by atoms with E-state index in [1.807, 2.05) is 7.05 Å². The van der Waals surface area contributed by atoms with E-state index in [0.29, 0.717) is 17.9 Å². The molecule has 3 nitrogen and oxygen atoms in total. The molecule has 1 unspecified atom stereocenters. The Labute approximate surface area is 124 Å². The molecule has 1 N–H and O–H groups in total. The molecule has 3 heteroatoms. The number of amides is 1. The summed E-state index contributed by atoms with van der Waals surface area (Å²) in [5.41, 5.74) is -0.156. The lowest BCUT2D eigenvalue weighted by molar-refractivity contribution is -0.145. The lowest BCUT2D eigenvalue weighted by Gasteiger charge is -2.41. The Kier molecular flexibility index (Phi) is 5.11. The van der Waals surface area contributed by atoms with Gasteiger partial charge in [0.1, 0.15) is 0 Å². The zero-order valence-electron chi connectivity index (χ0n) is 13.7. The third-order valence-electron chi connectivity index (χ3n) is 5.98. The van der Waals surface area contributed by atoms with Crippen LogP contribution in [0, 0.1) is 17.3 Å². The maximum Gasteiger partial charge on any atom is 0.230 e. The largest absolute Gasteiger partial charge is 0.342 e. The van der Waals surface area contributed by atoms with Gasteiger partial charge >= 0.3 is 0 Å². The maximum absolute atomic E-state index is 13.0. The van der Waals surface area contributed by atoms with E-state index in [1.54, 1.807) is 0 Å². The van der Waals surface area contributed by atoms with E-state index in [4.69, 9.17) is 0 Å². The normalized spacial score (nSPS) is 34.5. The number of nitrogens with one attached hydrogen (secondary N) is 1. The Morgan fingerprint density at radius 1 is 1.30 bits per heavy atom. The van der Waals surface area contributed by atoms with Gasteiger partial charge in [-0.15, -0.1) is 0 Å². The number of nitrogens with zero attached hydrogens (tertiary/aromatic N) is 1. The molecule has 20 heavy (non-hydrogen) atoms. The standard InChI is InChI=1S/C17H32N2O/c1-5-14-6-8-15(9-7-14)19(4)16(20)17(13(2)3)10-11-18-12-17/h13-15,18H,5-12H2,1-4H3. The summed E-state index contributed by atoms with van der Waals surface area (Å²) in [7, 11) is 2.04. The van der Waals surface area contributed by atoms with E-state index in [-0.39, 0.29) is 5.41 Å². The van der Waals surface area contributed by atoms with Crippen molar-refractivity contribution in [2.75, 3.05) is 20.1 Å². The quantitative estimate of drug-likeness (QED) is 0.858. The molecule has 1 aliphatic carbocycles. The van der Waals surface area contributed by atoms with Gasteiger partial charge in [-0.2, -0.15) is 0 Å². The van der Waals surface area contributed by atoms with Crippen molar-refractivity contribution < 1.29 is 4.79 Å². The fraction of sp³-hybridized carbons (Fsp3) is 0.941. The van der Waals surface area contributed by atoms with Gasteiger partial charge in [0.05, 0.1) is 5.41 Å². The molecule has 116 valence electrons. The van der Waals surface area contributed by atoms with Crippen LogP contribution >= 0.6 is 0 Å². The topological polar surface area (TPSA) is 32.3 Å². The first-order valence-electron chi connectivity index (χ1n) is 8.49. The highest BCUT2D eigenvalue weighted by atomic mass is 16.2. The monoisotopic (exact) mass is 280 g/mol. The van der Waals surface area contributed by atoms with Gasteiger partial charge in [-0.1, -0.05) is 27.2 Å². The second-order valence-electron chi connectivity index (χ2n) is 7.24. The van der Waals surface area contributed by atoms with E-state index < -0.39 is 0 Å². The number of rotatable bonds is 4. The summed E-state index contributed by atoms with van der Waals surface area (Å²) in [5, 5.41) is 3.40. The molecule has 0 radical (unpaired) electrons. The van der Waals surface area contributed by atoms with Crippen molar-refractivity contribution >= 4 is 5.91 Å². The van der Waals surface area contributed by atoms with Gasteiger partial charge in [-0.25, -0.2) is 0 Å². The third kappa shape index (κ3) is 2.88. The minimum Gasteiger partial charge on any atom is -0.342 e. The summed E-state index contributed by atoms with van der Waals surface area (Å²) in [6, 6.07) is 0.474. The molecule has 0 aromatic rings. The Bertz CT molecular complexity index is 326. The van der Waals surface area contributed by atoms with E-state index in [2.05, 4.69) is 31.0 Å². The minimum atomic E-state index is -0.156. The maximum atomic E-state index is 13.0.